The predicted octanol–water partition coefficient (Wildman–Crippen LogP) is 2.00. The van der Waals surface area contributed by atoms with Crippen molar-refractivity contribution in [3.63, 3.8) is 0 Å². The van der Waals surface area contributed by atoms with Crippen molar-refractivity contribution < 1.29 is 23.9 Å². The molecule has 3 aliphatic heterocycles. The lowest BCUT2D eigenvalue weighted by Gasteiger charge is -2.30. The molecule has 0 aromatic carbocycles. The van der Waals surface area contributed by atoms with Crippen LogP contribution in [0.15, 0.2) is 35.2 Å². The second kappa shape index (κ2) is 7.46. The highest BCUT2D eigenvalue weighted by Crippen LogP contribution is 2.32. The van der Waals surface area contributed by atoms with Crippen molar-refractivity contribution >= 4 is 18.1 Å². The van der Waals surface area contributed by atoms with Crippen LogP contribution < -0.4 is 0 Å². The van der Waals surface area contributed by atoms with Gasteiger partial charge in [-0.3, -0.25) is 14.6 Å². The van der Waals surface area contributed by atoms with E-state index < -0.39 is 6.09 Å². The lowest BCUT2D eigenvalue weighted by atomic mass is 9.96. The van der Waals surface area contributed by atoms with E-state index in [1.807, 2.05) is 4.90 Å². The van der Waals surface area contributed by atoms with Crippen LogP contribution in [0.3, 0.4) is 0 Å². The molecule has 0 aromatic rings. The van der Waals surface area contributed by atoms with Crippen molar-refractivity contribution in [2.45, 2.75) is 25.7 Å². The second-order valence-electron chi connectivity index (χ2n) is 6.87. The van der Waals surface area contributed by atoms with E-state index in [0.29, 0.717) is 63.5 Å². The molecule has 144 valence electrons. The van der Waals surface area contributed by atoms with Gasteiger partial charge in [-0.05, 0) is 31.8 Å². The van der Waals surface area contributed by atoms with Gasteiger partial charge in [-0.25, -0.2) is 9.59 Å². The fraction of sp³-hybridized carbons (Fsp3) is 0.526. The Hall–Kier alpha value is -2.77. The molecule has 0 spiro atoms. The Morgan fingerprint density at radius 3 is 2.07 bits per heavy atom. The van der Waals surface area contributed by atoms with Gasteiger partial charge in [-0.15, -0.1) is 0 Å². The Morgan fingerprint density at radius 2 is 1.48 bits per heavy atom. The molecule has 3 heterocycles. The SMILES string of the molecule is O=C(C1=C(N2CCOC2=O)C=C(N2CCOC2=O)CC1)N1CCC=CCC1. The Morgan fingerprint density at radius 1 is 0.852 bits per heavy atom. The molecule has 0 radical (unpaired) electrons. The third kappa shape index (κ3) is 3.43. The summed E-state index contributed by atoms with van der Waals surface area (Å²) in [6.07, 6.45) is 7.86. The third-order valence-electron chi connectivity index (χ3n) is 5.25. The number of hydrogen-bond acceptors (Lipinski definition) is 5. The molecule has 0 aromatic heterocycles. The number of carbonyl (C=O) groups excluding carboxylic acids is 3. The molecule has 2 saturated heterocycles. The number of amides is 3. The van der Waals surface area contributed by atoms with Crippen LogP contribution in [0.1, 0.15) is 25.7 Å². The minimum absolute atomic E-state index is 0.0345. The van der Waals surface area contributed by atoms with E-state index >= 15 is 0 Å². The summed E-state index contributed by atoms with van der Waals surface area (Å²) in [6.45, 7) is 2.89. The molecule has 0 unspecified atom stereocenters. The van der Waals surface area contributed by atoms with Gasteiger partial charge in [0.2, 0.25) is 0 Å². The zero-order valence-corrected chi connectivity index (χ0v) is 15.2. The highest BCUT2D eigenvalue weighted by molar-refractivity contribution is 5.96. The molecule has 0 saturated carbocycles. The third-order valence-corrected chi connectivity index (χ3v) is 5.25. The zero-order chi connectivity index (χ0) is 18.8. The highest BCUT2D eigenvalue weighted by atomic mass is 16.6. The molecule has 2 fully saturated rings. The van der Waals surface area contributed by atoms with E-state index in [4.69, 9.17) is 9.47 Å². The van der Waals surface area contributed by atoms with Gasteiger partial charge in [-0.1, -0.05) is 12.2 Å². The van der Waals surface area contributed by atoms with Crippen molar-refractivity contribution in [1.29, 1.82) is 0 Å². The Labute approximate surface area is 157 Å². The molecular formula is C19H23N3O5. The summed E-state index contributed by atoms with van der Waals surface area (Å²) in [4.78, 5) is 42.2. The summed E-state index contributed by atoms with van der Waals surface area (Å²) in [5.74, 6) is -0.0345. The second-order valence-corrected chi connectivity index (χ2v) is 6.87. The van der Waals surface area contributed by atoms with E-state index in [0.717, 1.165) is 18.5 Å². The summed E-state index contributed by atoms with van der Waals surface area (Å²) in [5.41, 5.74) is 1.95. The molecule has 8 heteroatoms. The van der Waals surface area contributed by atoms with E-state index in [1.54, 1.807) is 11.0 Å². The van der Waals surface area contributed by atoms with Crippen molar-refractivity contribution in [3.8, 4) is 0 Å². The van der Waals surface area contributed by atoms with E-state index in [1.165, 1.54) is 4.90 Å². The number of ether oxygens (including phenoxy) is 2. The van der Waals surface area contributed by atoms with Gasteiger partial charge in [0.1, 0.15) is 13.2 Å². The van der Waals surface area contributed by atoms with Gasteiger partial charge in [0.25, 0.3) is 5.91 Å². The molecule has 0 bridgehead atoms. The first kappa shape index (κ1) is 17.6. The standard InChI is InChI=1S/C19H23N3O5/c23-17(20-7-3-1-2-4-8-20)15-6-5-14(21-9-11-26-18(21)24)13-16(15)22-10-12-27-19(22)25/h1-2,13H,3-12H2. The Bertz CT molecular complexity index is 744. The fourth-order valence-corrected chi connectivity index (χ4v) is 3.84. The summed E-state index contributed by atoms with van der Waals surface area (Å²) in [5, 5.41) is 0. The van der Waals surface area contributed by atoms with Crippen molar-refractivity contribution in [2.24, 2.45) is 0 Å². The highest BCUT2D eigenvalue weighted by Gasteiger charge is 2.35. The van der Waals surface area contributed by atoms with Gasteiger partial charge in [0.15, 0.2) is 0 Å². The van der Waals surface area contributed by atoms with Crippen LogP contribution in [0, 0.1) is 0 Å². The van der Waals surface area contributed by atoms with Gasteiger partial charge < -0.3 is 14.4 Å². The summed E-state index contributed by atoms with van der Waals surface area (Å²) in [7, 11) is 0. The lowest BCUT2D eigenvalue weighted by molar-refractivity contribution is -0.127. The average molecular weight is 373 g/mol. The number of rotatable bonds is 3. The Balaban J connectivity index is 1.67. The summed E-state index contributed by atoms with van der Waals surface area (Å²) >= 11 is 0. The van der Waals surface area contributed by atoms with E-state index in [2.05, 4.69) is 12.2 Å². The maximum Gasteiger partial charge on any atom is 0.414 e. The molecule has 4 aliphatic rings. The zero-order valence-electron chi connectivity index (χ0n) is 15.2. The average Bonchev–Trinajstić information content (AvgIpc) is 3.19. The van der Waals surface area contributed by atoms with Crippen LogP contribution in [0.4, 0.5) is 9.59 Å². The Kier molecular flexibility index (Phi) is 4.87. The van der Waals surface area contributed by atoms with Crippen LogP contribution in [-0.2, 0) is 14.3 Å². The van der Waals surface area contributed by atoms with E-state index in [9.17, 15) is 14.4 Å². The quantitative estimate of drug-likeness (QED) is 0.707. The lowest BCUT2D eigenvalue weighted by Crippen LogP contribution is -2.37. The number of carbonyl (C=O) groups is 3. The molecule has 0 atom stereocenters. The first-order valence-electron chi connectivity index (χ1n) is 9.42. The van der Waals surface area contributed by atoms with Gasteiger partial charge in [-0.2, -0.15) is 0 Å². The first-order chi connectivity index (χ1) is 13.1. The minimum Gasteiger partial charge on any atom is -0.447 e. The summed E-state index contributed by atoms with van der Waals surface area (Å²) in [6, 6.07) is 0. The van der Waals surface area contributed by atoms with Crippen LogP contribution in [0.5, 0.6) is 0 Å². The normalized spacial score (nSPS) is 23.4. The number of allylic oxidation sites excluding steroid dienone is 2. The van der Waals surface area contributed by atoms with Crippen molar-refractivity contribution in [1.82, 2.24) is 14.7 Å². The van der Waals surface area contributed by atoms with Crippen LogP contribution in [-0.4, -0.2) is 72.2 Å². The maximum atomic E-state index is 13.2. The van der Waals surface area contributed by atoms with Gasteiger partial charge in [0.05, 0.1) is 18.8 Å². The van der Waals surface area contributed by atoms with Gasteiger partial charge in [0, 0.05) is 24.4 Å². The van der Waals surface area contributed by atoms with Crippen LogP contribution in [0.2, 0.25) is 0 Å². The molecule has 1 aliphatic carbocycles. The number of hydrogen-bond donors (Lipinski definition) is 0. The summed E-state index contributed by atoms with van der Waals surface area (Å²) < 4.78 is 10.1. The fourth-order valence-electron chi connectivity index (χ4n) is 3.84. The minimum atomic E-state index is -0.450. The number of nitrogens with zero attached hydrogens (tertiary/aromatic N) is 3. The van der Waals surface area contributed by atoms with Crippen LogP contribution >= 0.6 is 0 Å². The predicted molar refractivity (Wildman–Crippen MR) is 95.4 cm³/mol. The van der Waals surface area contributed by atoms with Crippen LogP contribution in [0.25, 0.3) is 0 Å². The van der Waals surface area contributed by atoms with Crippen molar-refractivity contribution in [3.05, 3.63) is 35.2 Å². The molecule has 3 amide bonds. The molecule has 0 N–H and O–H groups in total. The van der Waals surface area contributed by atoms with E-state index in [-0.39, 0.29) is 12.0 Å². The van der Waals surface area contributed by atoms with Crippen molar-refractivity contribution in [2.75, 3.05) is 39.4 Å². The smallest absolute Gasteiger partial charge is 0.414 e. The topological polar surface area (TPSA) is 79.4 Å². The largest absolute Gasteiger partial charge is 0.447 e. The first-order valence-corrected chi connectivity index (χ1v) is 9.42. The molecular weight excluding hydrogens is 350 g/mol. The number of cyclic esters (lactones) is 2. The van der Waals surface area contributed by atoms with Gasteiger partial charge >= 0.3 is 12.2 Å². The monoisotopic (exact) mass is 373 g/mol. The molecule has 8 nitrogen and oxygen atoms in total. The molecule has 4 rings (SSSR count). The maximum absolute atomic E-state index is 13.2. The molecule has 27 heavy (non-hydrogen) atoms.